The van der Waals surface area contributed by atoms with E-state index in [1.54, 1.807) is 0 Å². The van der Waals surface area contributed by atoms with E-state index in [-0.39, 0.29) is 11.3 Å². The summed E-state index contributed by atoms with van der Waals surface area (Å²) < 4.78 is 2.52. The van der Waals surface area contributed by atoms with Crippen LogP contribution in [0.5, 0.6) is 0 Å². The van der Waals surface area contributed by atoms with E-state index in [1.165, 1.54) is 36.8 Å². The lowest BCUT2D eigenvalue weighted by molar-refractivity contribution is 0.0607. The number of benzene rings is 3. The number of aromatic amines is 1. The van der Waals surface area contributed by atoms with Gasteiger partial charge in [0, 0.05) is 42.3 Å². The summed E-state index contributed by atoms with van der Waals surface area (Å²) in [5, 5.41) is 14.3. The molecule has 2 aromatic heterocycles. The fourth-order valence-electron chi connectivity index (χ4n) is 8.66. The average Bonchev–Trinajstić information content (AvgIpc) is 3.80. The highest BCUT2D eigenvalue weighted by molar-refractivity contribution is 5.95. The normalized spacial score (nSPS) is 23.0. The SMILES string of the molecule is Cc1nc2ccccc2n1[C@H]1C[C@H]2CC[C@@H](C1)N2CCC1(c2ccccc2)CCN(C(=O)c2cccc(-c3nn[nH]n3)c2)CC1. The highest BCUT2D eigenvalue weighted by Crippen LogP contribution is 2.45. The van der Waals surface area contributed by atoms with E-state index >= 15 is 0 Å². The molecule has 3 aliphatic rings. The van der Waals surface area contributed by atoms with Crippen molar-refractivity contribution in [2.45, 2.75) is 75.4 Å². The van der Waals surface area contributed by atoms with Crippen LogP contribution in [0.15, 0.2) is 78.9 Å². The van der Waals surface area contributed by atoms with Crippen molar-refractivity contribution < 1.29 is 4.79 Å². The number of tetrazole rings is 1. The maximum absolute atomic E-state index is 13.6. The van der Waals surface area contributed by atoms with Crippen molar-refractivity contribution in [2.24, 2.45) is 0 Å². The third-order valence-electron chi connectivity index (χ3n) is 11.0. The number of carbonyl (C=O) groups excluding carboxylic acids is 1. The van der Waals surface area contributed by atoms with E-state index in [0.29, 0.717) is 29.5 Å². The molecular formula is C36H40N8O. The van der Waals surface area contributed by atoms with E-state index in [2.05, 4.69) is 91.6 Å². The zero-order chi connectivity index (χ0) is 30.4. The van der Waals surface area contributed by atoms with Gasteiger partial charge in [-0.1, -0.05) is 54.6 Å². The van der Waals surface area contributed by atoms with Crippen LogP contribution in [-0.2, 0) is 5.41 Å². The van der Waals surface area contributed by atoms with Crippen molar-refractivity contribution in [3.05, 3.63) is 95.8 Å². The number of aromatic nitrogens is 6. The second kappa shape index (κ2) is 11.5. The van der Waals surface area contributed by atoms with Gasteiger partial charge in [-0.05, 0) is 98.9 Å². The van der Waals surface area contributed by atoms with Gasteiger partial charge in [0.1, 0.15) is 5.82 Å². The molecule has 1 N–H and O–H groups in total. The Morgan fingerprint density at radius 1 is 0.911 bits per heavy atom. The summed E-state index contributed by atoms with van der Waals surface area (Å²) in [4.78, 5) is 23.4. The highest BCUT2D eigenvalue weighted by atomic mass is 16.2. The van der Waals surface area contributed by atoms with Gasteiger partial charge in [-0.15, -0.1) is 10.2 Å². The van der Waals surface area contributed by atoms with Crippen molar-refractivity contribution in [3.63, 3.8) is 0 Å². The largest absolute Gasteiger partial charge is 0.339 e. The number of H-pyrrole nitrogens is 1. The zero-order valence-corrected chi connectivity index (χ0v) is 25.8. The lowest BCUT2D eigenvalue weighted by atomic mass is 9.70. The van der Waals surface area contributed by atoms with Gasteiger partial charge < -0.3 is 9.47 Å². The topological polar surface area (TPSA) is 95.8 Å². The molecule has 0 unspecified atom stereocenters. The van der Waals surface area contributed by atoms with Crippen molar-refractivity contribution >= 4 is 16.9 Å². The number of fused-ring (bicyclic) bond motifs is 3. The molecule has 5 heterocycles. The van der Waals surface area contributed by atoms with E-state index in [1.807, 2.05) is 29.2 Å². The fourth-order valence-corrected chi connectivity index (χ4v) is 8.66. The fraction of sp³-hybridized carbons (Fsp3) is 0.417. The third-order valence-corrected chi connectivity index (χ3v) is 11.0. The zero-order valence-electron chi connectivity index (χ0n) is 25.8. The van der Waals surface area contributed by atoms with Crippen LogP contribution in [0.1, 0.15) is 72.7 Å². The molecule has 8 rings (SSSR count). The minimum absolute atomic E-state index is 0.0674. The van der Waals surface area contributed by atoms with Gasteiger partial charge in [-0.25, -0.2) is 4.98 Å². The van der Waals surface area contributed by atoms with E-state index in [9.17, 15) is 4.79 Å². The van der Waals surface area contributed by atoms with Gasteiger partial charge in [0.05, 0.1) is 11.0 Å². The van der Waals surface area contributed by atoms with Crippen molar-refractivity contribution in [1.82, 2.24) is 40.0 Å². The number of carbonyl (C=O) groups is 1. The quantitative estimate of drug-likeness (QED) is 0.248. The molecule has 9 nitrogen and oxygen atoms in total. The van der Waals surface area contributed by atoms with E-state index in [4.69, 9.17) is 4.98 Å². The lowest BCUT2D eigenvalue weighted by Crippen LogP contribution is -2.49. The molecular weight excluding hydrogens is 560 g/mol. The molecule has 3 atom stereocenters. The van der Waals surface area contributed by atoms with Crippen LogP contribution in [0.2, 0.25) is 0 Å². The Labute approximate surface area is 263 Å². The van der Waals surface area contributed by atoms with Gasteiger partial charge in [-0.3, -0.25) is 9.69 Å². The maximum atomic E-state index is 13.6. The number of amides is 1. The molecule has 5 aromatic rings. The Hall–Kier alpha value is -4.37. The number of hydrogen-bond donors (Lipinski definition) is 1. The molecule has 0 saturated carbocycles. The lowest BCUT2D eigenvalue weighted by Gasteiger charge is -2.45. The van der Waals surface area contributed by atoms with E-state index in [0.717, 1.165) is 55.8 Å². The molecule has 0 aliphatic carbocycles. The van der Waals surface area contributed by atoms with E-state index < -0.39 is 0 Å². The van der Waals surface area contributed by atoms with Crippen LogP contribution in [0.3, 0.4) is 0 Å². The first-order valence-electron chi connectivity index (χ1n) is 16.5. The summed E-state index contributed by atoms with van der Waals surface area (Å²) >= 11 is 0. The first-order chi connectivity index (χ1) is 22.1. The number of rotatable bonds is 7. The number of piperidine rings is 2. The smallest absolute Gasteiger partial charge is 0.253 e. The summed E-state index contributed by atoms with van der Waals surface area (Å²) in [6.45, 7) is 4.78. The molecule has 3 saturated heterocycles. The van der Waals surface area contributed by atoms with Crippen LogP contribution < -0.4 is 0 Å². The second-order valence-electron chi connectivity index (χ2n) is 13.3. The predicted molar refractivity (Wildman–Crippen MR) is 174 cm³/mol. The van der Waals surface area contributed by atoms with Crippen LogP contribution in [0.4, 0.5) is 0 Å². The minimum Gasteiger partial charge on any atom is -0.339 e. The third kappa shape index (κ3) is 5.13. The Kier molecular flexibility index (Phi) is 7.20. The molecule has 3 aromatic carbocycles. The summed E-state index contributed by atoms with van der Waals surface area (Å²) in [7, 11) is 0. The van der Waals surface area contributed by atoms with Crippen LogP contribution >= 0.6 is 0 Å². The summed E-state index contributed by atoms with van der Waals surface area (Å²) in [6.07, 6.45) is 8.03. The Morgan fingerprint density at radius 2 is 1.67 bits per heavy atom. The summed E-state index contributed by atoms with van der Waals surface area (Å²) in [5.41, 5.74) is 5.33. The van der Waals surface area contributed by atoms with Crippen molar-refractivity contribution in [1.29, 1.82) is 0 Å². The molecule has 0 radical (unpaired) electrons. The summed E-state index contributed by atoms with van der Waals surface area (Å²) in [6, 6.07) is 29.0. The highest BCUT2D eigenvalue weighted by Gasteiger charge is 2.44. The standard InChI is InChI=1S/C36H40N8O/c1-25-37-32-12-5-6-13-33(32)44(25)31-23-29-14-15-30(24-31)43(29)21-18-36(28-10-3-2-4-11-28)16-19-42(20-17-36)35(45)27-9-7-8-26(22-27)34-38-40-41-39-34/h2-13,22,29-31H,14-21,23-24H2,1H3,(H,38,39,40,41)/t29-,30+,31+. The molecule has 1 amide bonds. The first-order valence-corrected chi connectivity index (χ1v) is 16.5. The number of nitrogens with zero attached hydrogens (tertiary/aromatic N) is 7. The molecule has 0 spiro atoms. The number of hydrogen-bond acceptors (Lipinski definition) is 6. The van der Waals surface area contributed by atoms with Gasteiger partial charge >= 0.3 is 0 Å². The molecule has 3 aliphatic heterocycles. The Morgan fingerprint density at radius 3 is 2.42 bits per heavy atom. The average molecular weight is 601 g/mol. The van der Waals surface area contributed by atoms with Gasteiger partial charge in [-0.2, -0.15) is 5.21 Å². The van der Waals surface area contributed by atoms with Crippen LogP contribution in [0, 0.1) is 6.92 Å². The molecule has 9 heteroatoms. The second-order valence-corrected chi connectivity index (χ2v) is 13.3. The Bertz CT molecular complexity index is 1780. The molecule has 2 bridgehead atoms. The monoisotopic (exact) mass is 600 g/mol. The van der Waals surface area contributed by atoms with Gasteiger partial charge in [0.25, 0.3) is 5.91 Å². The first kappa shape index (κ1) is 28.1. The van der Waals surface area contributed by atoms with Gasteiger partial charge in [0.15, 0.2) is 0 Å². The predicted octanol–water partition coefficient (Wildman–Crippen LogP) is 5.96. The van der Waals surface area contributed by atoms with Crippen LogP contribution in [0.25, 0.3) is 22.4 Å². The van der Waals surface area contributed by atoms with Crippen LogP contribution in [-0.4, -0.2) is 77.6 Å². The number of imidazole rings is 1. The molecule has 45 heavy (non-hydrogen) atoms. The van der Waals surface area contributed by atoms with Crippen molar-refractivity contribution in [3.8, 4) is 11.4 Å². The number of para-hydroxylation sites is 2. The molecule has 3 fully saturated rings. The Balaban J connectivity index is 0.971. The number of nitrogens with one attached hydrogen (secondary N) is 1. The number of likely N-dealkylation sites (tertiary alicyclic amines) is 1. The maximum Gasteiger partial charge on any atom is 0.253 e. The molecule has 230 valence electrons. The number of aryl methyl sites for hydroxylation is 1. The minimum atomic E-state index is 0.0674. The summed E-state index contributed by atoms with van der Waals surface area (Å²) in [5.74, 6) is 1.71. The van der Waals surface area contributed by atoms with Crippen molar-refractivity contribution in [2.75, 3.05) is 19.6 Å². The van der Waals surface area contributed by atoms with Gasteiger partial charge in [0.2, 0.25) is 5.82 Å².